The Morgan fingerprint density at radius 1 is 1.05 bits per heavy atom. The molecule has 1 saturated carbocycles. The third-order valence-corrected chi connectivity index (χ3v) is 7.28. The number of nitrogens with one attached hydrogen (secondary N) is 2. The first-order chi connectivity index (χ1) is 18.9. The first-order valence-corrected chi connectivity index (χ1v) is 13.2. The van der Waals surface area contributed by atoms with Gasteiger partial charge in [0.05, 0.1) is 29.1 Å². The van der Waals surface area contributed by atoms with E-state index in [1.165, 1.54) is 10.7 Å². The number of nitrogens with zero attached hydrogens (tertiary/aromatic N) is 2. The van der Waals surface area contributed by atoms with E-state index in [-0.39, 0.29) is 23.6 Å². The fraction of sp³-hybridized carbons (Fsp3) is 0.233. The number of carbonyl (C=O) groups is 2. The molecule has 5 rings (SSSR count). The average molecular weight is 545 g/mol. The lowest BCUT2D eigenvalue weighted by Crippen LogP contribution is -2.30. The lowest BCUT2D eigenvalue weighted by atomic mass is 10.0. The summed E-state index contributed by atoms with van der Waals surface area (Å²) in [5.41, 5.74) is 3.40. The Labute approximate surface area is 231 Å². The van der Waals surface area contributed by atoms with Crippen molar-refractivity contribution in [1.29, 1.82) is 0 Å². The molecule has 8 nitrogen and oxygen atoms in total. The molecular weight excluding hydrogens is 516 g/mol. The first kappa shape index (κ1) is 26.3. The van der Waals surface area contributed by atoms with Crippen LogP contribution in [0.5, 0.6) is 11.5 Å². The van der Waals surface area contributed by atoms with Crippen molar-refractivity contribution >= 4 is 29.2 Å². The molecule has 1 fully saturated rings. The molecular formula is C30H29ClN4O4. The van der Waals surface area contributed by atoms with Gasteiger partial charge in [-0.3, -0.25) is 4.79 Å². The summed E-state index contributed by atoms with van der Waals surface area (Å²) in [5, 5.41) is 21.4. The molecule has 1 heterocycles. The Morgan fingerprint density at radius 3 is 2.51 bits per heavy atom. The zero-order valence-electron chi connectivity index (χ0n) is 21.5. The Morgan fingerprint density at radius 2 is 1.79 bits per heavy atom. The van der Waals surface area contributed by atoms with Crippen LogP contribution in [0.1, 0.15) is 53.2 Å². The molecule has 0 atom stereocenters. The molecule has 1 aliphatic rings. The van der Waals surface area contributed by atoms with Crippen LogP contribution in [-0.4, -0.2) is 33.9 Å². The molecule has 3 N–H and O–H groups in total. The fourth-order valence-corrected chi connectivity index (χ4v) is 5.08. The molecule has 0 saturated heterocycles. The maximum absolute atomic E-state index is 13.3. The molecule has 0 unspecified atom stereocenters. The van der Waals surface area contributed by atoms with E-state index in [0.29, 0.717) is 34.1 Å². The maximum atomic E-state index is 13.3. The monoisotopic (exact) mass is 544 g/mol. The van der Waals surface area contributed by atoms with E-state index in [1.807, 2.05) is 30.3 Å². The maximum Gasteiger partial charge on any atom is 0.342 e. The van der Waals surface area contributed by atoms with Crippen molar-refractivity contribution < 1.29 is 19.4 Å². The number of amides is 2. The third kappa shape index (κ3) is 5.91. The van der Waals surface area contributed by atoms with Gasteiger partial charge in [0.1, 0.15) is 11.5 Å². The second-order valence-corrected chi connectivity index (χ2v) is 9.93. The molecule has 200 valence electrons. The van der Waals surface area contributed by atoms with Gasteiger partial charge in [-0.1, -0.05) is 48.7 Å². The van der Waals surface area contributed by atoms with Gasteiger partial charge in [0.2, 0.25) is 0 Å². The standard InChI is InChI=1S/C30H29ClN4O4/c1-39-22-13-10-19(11-14-22)18-32-30(38)35-27(20-6-2-3-7-20)17-26(34-35)24-16-21(12-15-28(24)36)33-29(37)23-8-4-5-9-25(23)31/h4-5,8-17,20,36H,2-3,6-7,18H2,1H3,(H,32,38)(H,33,37). The van der Waals surface area contributed by atoms with Gasteiger partial charge in [0.25, 0.3) is 5.91 Å². The molecule has 2 amide bonds. The van der Waals surface area contributed by atoms with Crippen LogP contribution in [0.2, 0.25) is 5.02 Å². The summed E-state index contributed by atoms with van der Waals surface area (Å²) in [4.78, 5) is 26.1. The highest BCUT2D eigenvalue weighted by molar-refractivity contribution is 6.34. The normalized spacial score (nSPS) is 13.3. The number of hydrogen-bond acceptors (Lipinski definition) is 5. The zero-order chi connectivity index (χ0) is 27.4. The Bertz CT molecular complexity index is 1490. The number of ether oxygens (including phenoxy) is 1. The van der Waals surface area contributed by atoms with E-state index < -0.39 is 0 Å². The van der Waals surface area contributed by atoms with Crippen molar-refractivity contribution in [2.45, 2.75) is 38.1 Å². The third-order valence-electron chi connectivity index (χ3n) is 6.95. The highest BCUT2D eigenvalue weighted by Crippen LogP contribution is 2.38. The summed E-state index contributed by atoms with van der Waals surface area (Å²) in [6, 6.07) is 20.5. The molecule has 3 aromatic carbocycles. The molecule has 1 aromatic heterocycles. The molecule has 0 spiro atoms. The van der Waals surface area contributed by atoms with Crippen molar-refractivity contribution in [1.82, 2.24) is 15.1 Å². The van der Waals surface area contributed by atoms with E-state index in [0.717, 1.165) is 42.7 Å². The number of carbonyl (C=O) groups excluding carboxylic acids is 2. The molecule has 0 bridgehead atoms. The predicted octanol–water partition coefficient (Wildman–Crippen LogP) is 6.59. The van der Waals surface area contributed by atoms with Crippen molar-refractivity contribution in [2.75, 3.05) is 12.4 Å². The summed E-state index contributed by atoms with van der Waals surface area (Å²) in [5.74, 6) is 0.568. The second-order valence-electron chi connectivity index (χ2n) is 9.52. The number of rotatable bonds is 7. The Kier molecular flexibility index (Phi) is 7.84. The van der Waals surface area contributed by atoms with Gasteiger partial charge in [-0.2, -0.15) is 9.78 Å². The Hall–Kier alpha value is -4.30. The van der Waals surface area contributed by atoms with Gasteiger partial charge in [0, 0.05) is 23.7 Å². The topological polar surface area (TPSA) is 105 Å². The molecule has 0 radical (unpaired) electrons. The summed E-state index contributed by atoms with van der Waals surface area (Å²) >= 11 is 6.17. The highest BCUT2D eigenvalue weighted by Gasteiger charge is 2.26. The number of hydrogen-bond donors (Lipinski definition) is 3. The molecule has 4 aromatic rings. The molecule has 1 aliphatic carbocycles. The molecule has 0 aliphatic heterocycles. The minimum Gasteiger partial charge on any atom is -0.507 e. The van der Waals surface area contributed by atoms with Crippen LogP contribution in [-0.2, 0) is 6.54 Å². The van der Waals surface area contributed by atoms with Crippen LogP contribution in [0.3, 0.4) is 0 Å². The van der Waals surface area contributed by atoms with Gasteiger partial charge >= 0.3 is 6.03 Å². The van der Waals surface area contributed by atoms with Gasteiger partial charge < -0.3 is 20.5 Å². The van der Waals surface area contributed by atoms with Gasteiger partial charge in [-0.25, -0.2) is 4.79 Å². The van der Waals surface area contributed by atoms with Gasteiger partial charge in [-0.05, 0) is 66.9 Å². The van der Waals surface area contributed by atoms with Crippen LogP contribution >= 0.6 is 11.6 Å². The SMILES string of the molecule is COc1ccc(CNC(=O)n2nc(-c3cc(NC(=O)c4ccccc4Cl)ccc3O)cc2C2CCCC2)cc1. The summed E-state index contributed by atoms with van der Waals surface area (Å²) in [7, 11) is 1.61. The van der Waals surface area contributed by atoms with Crippen LogP contribution in [0.4, 0.5) is 10.5 Å². The minimum absolute atomic E-state index is 0.00740. The van der Waals surface area contributed by atoms with E-state index in [4.69, 9.17) is 16.3 Å². The van der Waals surface area contributed by atoms with E-state index in [9.17, 15) is 14.7 Å². The number of methoxy groups -OCH3 is 1. The van der Waals surface area contributed by atoms with Crippen LogP contribution in [0.15, 0.2) is 72.8 Å². The minimum atomic E-state index is -0.368. The van der Waals surface area contributed by atoms with Crippen molar-refractivity contribution in [3.63, 3.8) is 0 Å². The zero-order valence-corrected chi connectivity index (χ0v) is 22.2. The summed E-state index contributed by atoms with van der Waals surface area (Å²) in [6.07, 6.45) is 4.12. The van der Waals surface area contributed by atoms with Crippen molar-refractivity contribution in [3.8, 4) is 22.8 Å². The van der Waals surface area contributed by atoms with Gasteiger partial charge in [0.15, 0.2) is 0 Å². The predicted molar refractivity (Wildman–Crippen MR) is 151 cm³/mol. The molecule has 39 heavy (non-hydrogen) atoms. The smallest absolute Gasteiger partial charge is 0.342 e. The fourth-order valence-electron chi connectivity index (χ4n) is 4.86. The number of phenolic OH excluding ortho intramolecular Hbond substituents is 1. The van der Waals surface area contributed by atoms with E-state index in [2.05, 4.69) is 15.7 Å². The highest BCUT2D eigenvalue weighted by atomic mass is 35.5. The number of benzene rings is 3. The molecule has 9 heteroatoms. The van der Waals surface area contributed by atoms with E-state index in [1.54, 1.807) is 43.5 Å². The van der Waals surface area contributed by atoms with Crippen LogP contribution in [0, 0.1) is 0 Å². The number of anilines is 1. The largest absolute Gasteiger partial charge is 0.507 e. The number of phenols is 1. The van der Waals surface area contributed by atoms with Crippen LogP contribution < -0.4 is 15.4 Å². The van der Waals surface area contributed by atoms with Gasteiger partial charge in [-0.15, -0.1) is 0 Å². The average Bonchev–Trinajstić information content (AvgIpc) is 3.64. The number of aromatic hydroxyl groups is 1. The summed E-state index contributed by atoms with van der Waals surface area (Å²) < 4.78 is 6.60. The quantitative estimate of drug-likeness (QED) is 0.228. The lowest BCUT2D eigenvalue weighted by molar-refractivity contribution is 0.102. The number of aromatic nitrogens is 2. The lowest BCUT2D eigenvalue weighted by Gasteiger charge is -2.12. The van der Waals surface area contributed by atoms with Crippen molar-refractivity contribution in [3.05, 3.63) is 94.6 Å². The summed E-state index contributed by atoms with van der Waals surface area (Å²) in [6.45, 7) is 0.330. The van der Waals surface area contributed by atoms with Crippen molar-refractivity contribution in [2.24, 2.45) is 0 Å². The second kappa shape index (κ2) is 11.6. The van der Waals surface area contributed by atoms with Crippen LogP contribution in [0.25, 0.3) is 11.3 Å². The van der Waals surface area contributed by atoms with E-state index >= 15 is 0 Å². The number of halogens is 1. The Balaban J connectivity index is 1.41. The first-order valence-electron chi connectivity index (χ1n) is 12.8.